The van der Waals surface area contributed by atoms with Crippen LogP contribution in [0.15, 0.2) is 18.2 Å². The zero-order valence-corrected chi connectivity index (χ0v) is 14.3. The van der Waals surface area contributed by atoms with E-state index in [4.69, 9.17) is 4.74 Å². The fourth-order valence-electron chi connectivity index (χ4n) is 3.59. The highest BCUT2D eigenvalue weighted by Gasteiger charge is 2.38. The van der Waals surface area contributed by atoms with Crippen molar-refractivity contribution in [2.24, 2.45) is 5.92 Å². The summed E-state index contributed by atoms with van der Waals surface area (Å²) in [7, 11) is 0. The van der Waals surface area contributed by atoms with Gasteiger partial charge in [-0.05, 0) is 30.4 Å². The van der Waals surface area contributed by atoms with Crippen LogP contribution in [0.25, 0.3) is 0 Å². The predicted octanol–water partition coefficient (Wildman–Crippen LogP) is 3.03. The summed E-state index contributed by atoms with van der Waals surface area (Å²) in [6.45, 7) is 1.03. The lowest BCUT2D eigenvalue weighted by atomic mass is 9.87. The monoisotopic (exact) mass is 371 g/mol. The number of piperidine rings is 1. The van der Waals surface area contributed by atoms with Crippen LogP contribution in [-0.4, -0.2) is 42.7 Å². The molecular formula is C18H20F3NO4. The zero-order valence-electron chi connectivity index (χ0n) is 14.3. The number of esters is 1. The molecule has 1 amide bonds. The van der Waals surface area contributed by atoms with E-state index in [0.29, 0.717) is 26.0 Å². The van der Waals surface area contributed by atoms with E-state index in [9.17, 15) is 22.8 Å². The number of amides is 1. The summed E-state index contributed by atoms with van der Waals surface area (Å²) in [6.07, 6.45) is -2.47. The highest BCUT2D eigenvalue weighted by molar-refractivity contribution is 6.32. The molecule has 1 aromatic rings. The van der Waals surface area contributed by atoms with Gasteiger partial charge in [-0.25, -0.2) is 4.79 Å². The molecule has 0 spiro atoms. The number of fused-ring (bicyclic) bond motifs is 1. The molecule has 8 heteroatoms. The summed E-state index contributed by atoms with van der Waals surface area (Å²) in [4.78, 5) is 25.7. The van der Waals surface area contributed by atoms with Crippen LogP contribution in [0.1, 0.15) is 36.9 Å². The first-order valence-electron chi connectivity index (χ1n) is 8.55. The molecule has 2 aliphatic rings. The van der Waals surface area contributed by atoms with E-state index in [2.05, 4.69) is 4.74 Å². The van der Waals surface area contributed by atoms with E-state index in [1.54, 1.807) is 0 Å². The number of halogens is 3. The van der Waals surface area contributed by atoms with Crippen molar-refractivity contribution in [3.63, 3.8) is 0 Å². The molecule has 2 aliphatic heterocycles. The molecule has 5 nitrogen and oxygen atoms in total. The first-order valence-corrected chi connectivity index (χ1v) is 8.55. The highest BCUT2D eigenvalue weighted by Crippen LogP contribution is 2.39. The van der Waals surface area contributed by atoms with Crippen LogP contribution < -0.4 is 4.74 Å². The van der Waals surface area contributed by atoms with Gasteiger partial charge in [-0.15, -0.1) is 0 Å². The van der Waals surface area contributed by atoms with Crippen LogP contribution in [-0.2, 0) is 20.7 Å². The van der Waals surface area contributed by atoms with Crippen molar-refractivity contribution >= 4 is 11.9 Å². The molecular weight excluding hydrogens is 351 g/mol. The summed E-state index contributed by atoms with van der Waals surface area (Å²) in [5.74, 6) is -1.58. The van der Waals surface area contributed by atoms with Crippen molar-refractivity contribution < 1.29 is 32.2 Å². The van der Waals surface area contributed by atoms with Crippen LogP contribution >= 0.6 is 0 Å². The van der Waals surface area contributed by atoms with Crippen molar-refractivity contribution in [1.82, 2.24) is 4.90 Å². The Balaban J connectivity index is 1.82. The van der Waals surface area contributed by atoms with Crippen LogP contribution in [0.3, 0.4) is 0 Å². The van der Waals surface area contributed by atoms with Gasteiger partial charge in [0.15, 0.2) is 6.61 Å². The molecule has 0 N–H and O–H groups in total. The van der Waals surface area contributed by atoms with E-state index in [1.807, 2.05) is 25.1 Å². The molecule has 0 aromatic heterocycles. The SMILES string of the molecule is C[C@H]1CC[C@H](c2cccc3c2CCO3)N(C(=O)C(=O)OCC(F)(F)F)C1. The van der Waals surface area contributed by atoms with Crippen molar-refractivity contribution in [1.29, 1.82) is 0 Å². The summed E-state index contributed by atoms with van der Waals surface area (Å²) in [5, 5.41) is 0. The minimum Gasteiger partial charge on any atom is -0.493 e. The number of alkyl halides is 3. The van der Waals surface area contributed by atoms with E-state index in [-0.39, 0.29) is 12.0 Å². The summed E-state index contributed by atoms with van der Waals surface area (Å²) >= 11 is 0. The quantitative estimate of drug-likeness (QED) is 0.592. The Morgan fingerprint density at radius 3 is 2.81 bits per heavy atom. The van der Waals surface area contributed by atoms with E-state index < -0.39 is 24.7 Å². The van der Waals surface area contributed by atoms with Gasteiger partial charge in [-0.3, -0.25) is 4.79 Å². The van der Waals surface area contributed by atoms with Gasteiger partial charge in [-0.1, -0.05) is 19.1 Å². The number of nitrogens with zero attached hydrogens (tertiary/aromatic N) is 1. The van der Waals surface area contributed by atoms with Gasteiger partial charge in [0.05, 0.1) is 12.6 Å². The van der Waals surface area contributed by atoms with Crippen LogP contribution in [0, 0.1) is 5.92 Å². The molecule has 0 unspecified atom stereocenters. The van der Waals surface area contributed by atoms with Gasteiger partial charge >= 0.3 is 18.1 Å². The lowest BCUT2D eigenvalue weighted by Crippen LogP contribution is -2.46. The normalized spacial score (nSPS) is 22.5. The molecule has 0 saturated carbocycles. The Kier molecular flexibility index (Phi) is 5.11. The second-order valence-corrected chi connectivity index (χ2v) is 6.77. The summed E-state index contributed by atoms with van der Waals surface area (Å²) in [6, 6.07) is 5.19. The Labute approximate surface area is 149 Å². The maximum absolute atomic E-state index is 12.5. The van der Waals surface area contributed by atoms with Crippen molar-refractivity contribution in [2.45, 2.75) is 38.4 Å². The van der Waals surface area contributed by atoms with Gasteiger partial charge in [0, 0.05) is 18.5 Å². The number of hydrogen-bond acceptors (Lipinski definition) is 4. The Morgan fingerprint density at radius 1 is 1.31 bits per heavy atom. The number of hydrogen-bond donors (Lipinski definition) is 0. The van der Waals surface area contributed by atoms with Crippen molar-refractivity contribution in [3.05, 3.63) is 29.3 Å². The highest BCUT2D eigenvalue weighted by atomic mass is 19.4. The lowest BCUT2D eigenvalue weighted by Gasteiger charge is -2.39. The first kappa shape index (κ1) is 18.5. The maximum Gasteiger partial charge on any atom is 0.422 e. The van der Waals surface area contributed by atoms with Gasteiger partial charge in [0.25, 0.3) is 0 Å². The Bertz CT molecular complexity index is 704. The number of carbonyl (C=O) groups is 2. The molecule has 1 fully saturated rings. The number of ether oxygens (including phenoxy) is 2. The van der Waals surface area contributed by atoms with E-state index in [1.165, 1.54) is 4.90 Å². The van der Waals surface area contributed by atoms with Gasteiger partial charge in [0.2, 0.25) is 0 Å². The van der Waals surface area contributed by atoms with Crippen LogP contribution in [0.5, 0.6) is 5.75 Å². The maximum atomic E-state index is 12.5. The zero-order chi connectivity index (χ0) is 18.9. The van der Waals surface area contributed by atoms with Gasteiger partial charge in [-0.2, -0.15) is 13.2 Å². The molecule has 0 bridgehead atoms. The largest absolute Gasteiger partial charge is 0.493 e. The minimum atomic E-state index is -4.66. The fraction of sp³-hybridized carbons (Fsp3) is 0.556. The average molecular weight is 371 g/mol. The third-order valence-electron chi connectivity index (χ3n) is 4.76. The van der Waals surface area contributed by atoms with E-state index >= 15 is 0 Å². The molecule has 142 valence electrons. The molecule has 3 rings (SSSR count). The number of carbonyl (C=O) groups excluding carboxylic acids is 2. The second kappa shape index (κ2) is 7.17. The minimum absolute atomic E-state index is 0.152. The van der Waals surface area contributed by atoms with Crippen LogP contribution in [0.2, 0.25) is 0 Å². The first-order chi connectivity index (χ1) is 12.3. The third-order valence-corrected chi connectivity index (χ3v) is 4.76. The number of benzene rings is 1. The standard InChI is InChI=1S/C18H20F3NO4/c1-11-5-6-14(12-3-2-4-15-13(12)7-8-25-15)22(9-11)16(23)17(24)26-10-18(19,20)21/h2-4,11,14H,5-10H2,1H3/t11-,14+/m0/s1. The topological polar surface area (TPSA) is 55.8 Å². The molecule has 0 aliphatic carbocycles. The molecule has 1 aromatic carbocycles. The molecule has 1 saturated heterocycles. The van der Waals surface area contributed by atoms with Gasteiger partial charge < -0.3 is 14.4 Å². The predicted molar refractivity (Wildman–Crippen MR) is 85.5 cm³/mol. The molecule has 26 heavy (non-hydrogen) atoms. The second-order valence-electron chi connectivity index (χ2n) is 6.77. The van der Waals surface area contributed by atoms with Crippen LogP contribution in [0.4, 0.5) is 13.2 Å². The molecule has 0 radical (unpaired) electrons. The number of likely N-dealkylation sites (tertiary alicyclic amines) is 1. The average Bonchev–Trinajstić information content (AvgIpc) is 3.07. The lowest BCUT2D eigenvalue weighted by molar-refractivity contribution is -0.190. The number of rotatable bonds is 2. The Morgan fingerprint density at radius 2 is 2.08 bits per heavy atom. The smallest absolute Gasteiger partial charge is 0.422 e. The summed E-state index contributed by atoms with van der Waals surface area (Å²) in [5.41, 5.74) is 1.89. The molecule has 2 heterocycles. The van der Waals surface area contributed by atoms with Crippen molar-refractivity contribution in [2.75, 3.05) is 19.8 Å². The Hall–Kier alpha value is -2.25. The fourth-order valence-corrected chi connectivity index (χ4v) is 3.59. The summed E-state index contributed by atoms with van der Waals surface area (Å²) < 4.78 is 46.5. The van der Waals surface area contributed by atoms with E-state index in [0.717, 1.165) is 23.3 Å². The third kappa shape index (κ3) is 3.94. The van der Waals surface area contributed by atoms with Crippen molar-refractivity contribution in [3.8, 4) is 5.75 Å². The van der Waals surface area contributed by atoms with Gasteiger partial charge in [0.1, 0.15) is 5.75 Å². The molecule has 2 atom stereocenters.